The SMILES string of the molecule is COc1cn(C(CC2=NOCC2)C(=O)OC(C)(C)C)c(=O)cc1-c1cc(Cl)ccc1C#N. The summed E-state index contributed by atoms with van der Waals surface area (Å²) in [5.74, 6) is -0.258. The molecule has 1 unspecified atom stereocenters. The van der Waals surface area contributed by atoms with E-state index >= 15 is 0 Å². The highest BCUT2D eigenvalue weighted by Crippen LogP contribution is 2.34. The van der Waals surface area contributed by atoms with Crippen molar-refractivity contribution in [3.8, 4) is 22.9 Å². The third kappa shape index (κ3) is 5.29. The highest BCUT2D eigenvalue weighted by molar-refractivity contribution is 6.31. The van der Waals surface area contributed by atoms with E-state index in [0.29, 0.717) is 46.2 Å². The molecule has 1 atom stereocenters. The van der Waals surface area contributed by atoms with E-state index in [1.807, 2.05) is 0 Å². The largest absolute Gasteiger partial charge is 0.495 e. The second-order valence-electron chi connectivity index (χ2n) is 8.30. The Morgan fingerprint density at radius 1 is 1.34 bits per heavy atom. The average molecular weight is 458 g/mol. The molecule has 2 aromatic rings. The molecule has 1 aromatic carbocycles. The average Bonchev–Trinajstić information content (AvgIpc) is 3.24. The molecule has 8 nitrogen and oxygen atoms in total. The molecule has 0 saturated heterocycles. The summed E-state index contributed by atoms with van der Waals surface area (Å²) in [6.07, 6.45) is 2.18. The third-order valence-corrected chi connectivity index (χ3v) is 5.01. The minimum atomic E-state index is -0.958. The Bertz CT molecular complexity index is 1160. The van der Waals surface area contributed by atoms with Crippen LogP contribution in [0.3, 0.4) is 0 Å². The molecule has 0 radical (unpaired) electrons. The zero-order valence-electron chi connectivity index (χ0n) is 18.3. The van der Waals surface area contributed by atoms with Gasteiger partial charge in [0.2, 0.25) is 0 Å². The van der Waals surface area contributed by atoms with E-state index in [1.165, 1.54) is 23.9 Å². The topological polar surface area (TPSA) is 103 Å². The van der Waals surface area contributed by atoms with Crippen molar-refractivity contribution < 1.29 is 19.1 Å². The molecule has 0 N–H and O–H groups in total. The fourth-order valence-corrected chi connectivity index (χ4v) is 3.53. The molecule has 0 amide bonds. The minimum Gasteiger partial charge on any atom is -0.495 e. The van der Waals surface area contributed by atoms with Crippen molar-refractivity contribution in [3.05, 3.63) is 51.4 Å². The Balaban J connectivity index is 2.12. The number of carbonyl (C=O) groups is 1. The number of esters is 1. The number of halogens is 1. The van der Waals surface area contributed by atoms with Crippen LogP contribution in [0, 0.1) is 11.3 Å². The number of rotatable bonds is 6. The van der Waals surface area contributed by atoms with Gasteiger partial charge >= 0.3 is 5.97 Å². The number of nitrogens with zero attached hydrogens (tertiary/aromatic N) is 3. The lowest BCUT2D eigenvalue weighted by atomic mass is 10.00. The van der Waals surface area contributed by atoms with Gasteiger partial charge in [-0.1, -0.05) is 16.8 Å². The molecule has 1 aliphatic rings. The van der Waals surface area contributed by atoms with E-state index < -0.39 is 23.2 Å². The van der Waals surface area contributed by atoms with Crippen LogP contribution in [0.4, 0.5) is 0 Å². The summed E-state index contributed by atoms with van der Waals surface area (Å²) < 4.78 is 12.4. The summed E-state index contributed by atoms with van der Waals surface area (Å²) in [6.45, 7) is 5.70. The summed E-state index contributed by atoms with van der Waals surface area (Å²) in [7, 11) is 1.45. The zero-order chi connectivity index (χ0) is 23.5. The van der Waals surface area contributed by atoms with Crippen LogP contribution < -0.4 is 10.3 Å². The van der Waals surface area contributed by atoms with Crippen LogP contribution in [0.25, 0.3) is 11.1 Å². The van der Waals surface area contributed by atoms with Gasteiger partial charge in [-0.25, -0.2) is 4.79 Å². The number of methoxy groups -OCH3 is 1. The number of aromatic nitrogens is 1. The third-order valence-electron chi connectivity index (χ3n) is 4.78. The zero-order valence-corrected chi connectivity index (χ0v) is 19.1. The van der Waals surface area contributed by atoms with Crippen molar-refractivity contribution in [3.63, 3.8) is 0 Å². The van der Waals surface area contributed by atoms with Crippen LogP contribution >= 0.6 is 11.6 Å². The Morgan fingerprint density at radius 3 is 2.69 bits per heavy atom. The van der Waals surface area contributed by atoms with E-state index in [9.17, 15) is 14.9 Å². The molecular weight excluding hydrogens is 434 g/mol. The smallest absolute Gasteiger partial charge is 0.330 e. The molecule has 2 heterocycles. The van der Waals surface area contributed by atoms with Crippen LogP contribution in [0.1, 0.15) is 45.2 Å². The summed E-state index contributed by atoms with van der Waals surface area (Å²) >= 11 is 6.12. The Kier molecular flexibility index (Phi) is 6.90. The molecule has 1 aliphatic heterocycles. The predicted octanol–water partition coefficient (Wildman–Crippen LogP) is 4.10. The van der Waals surface area contributed by atoms with Crippen LogP contribution in [-0.4, -0.2) is 35.6 Å². The van der Waals surface area contributed by atoms with E-state index in [2.05, 4.69) is 11.2 Å². The quantitative estimate of drug-likeness (QED) is 0.605. The summed E-state index contributed by atoms with van der Waals surface area (Å²) in [5, 5.41) is 13.9. The normalized spacial score (nSPS) is 14.2. The number of benzene rings is 1. The molecule has 1 aromatic heterocycles. The lowest BCUT2D eigenvalue weighted by molar-refractivity contribution is -0.158. The first-order valence-corrected chi connectivity index (χ1v) is 10.4. The molecule has 3 rings (SSSR count). The second kappa shape index (κ2) is 9.45. The van der Waals surface area contributed by atoms with Gasteiger partial charge in [0, 0.05) is 35.1 Å². The van der Waals surface area contributed by atoms with Crippen molar-refractivity contribution >= 4 is 23.3 Å². The van der Waals surface area contributed by atoms with E-state index in [0.717, 1.165) is 0 Å². The standard InChI is InChI=1S/C23H24ClN3O5/c1-23(2,3)32-22(29)19(10-16-7-8-31-26-16)27-13-20(30-4)18(11-21(27)28)17-9-15(24)6-5-14(17)12-25/h5-6,9,11,13,19H,7-8,10H2,1-4H3. The van der Waals surface area contributed by atoms with Crippen LogP contribution in [0.15, 0.2) is 40.4 Å². The van der Waals surface area contributed by atoms with Crippen molar-refractivity contribution in [1.29, 1.82) is 5.26 Å². The van der Waals surface area contributed by atoms with E-state index in [1.54, 1.807) is 39.0 Å². The van der Waals surface area contributed by atoms with Crippen molar-refractivity contribution in [2.75, 3.05) is 13.7 Å². The van der Waals surface area contributed by atoms with Gasteiger partial charge in [-0.05, 0) is 39.0 Å². The Morgan fingerprint density at radius 2 is 2.09 bits per heavy atom. The second-order valence-corrected chi connectivity index (χ2v) is 8.73. The molecule has 0 bridgehead atoms. The number of ether oxygens (including phenoxy) is 2. The highest BCUT2D eigenvalue weighted by Gasteiger charge is 2.31. The minimum absolute atomic E-state index is 0.165. The molecule has 32 heavy (non-hydrogen) atoms. The van der Waals surface area contributed by atoms with Crippen molar-refractivity contribution in [1.82, 2.24) is 4.57 Å². The number of carbonyl (C=O) groups excluding carboxylic acids is 1. The molecule has 0 aliphatic carbocycles. The number of hydrogen-bond donors (Lipinski definition) is 0. The summed E-state index contributed by atoms with van der Waals surface area (Å²) in [5.41, 5.74) is 0.670. The maximum absolute atomic E-state index is 13.2. The highest BCUT2D eigenvalue weighted by atomic mass is 35.5. The first-order chi connectivity index (χ1) is 15.1. The summed E-state index contributed by atoms with van der Waals surface area (Å²) in [6, 6.07) is 7.23. The molecule has 0 saturated carbocycles. The monoisotopic (exact) mass is 457 g/mol. The van der Waals surface area contributed by atoms with Gasteiger partial charge < -0.3 is 14.3 Å². The predicted molar refractivity (Wildman–Crippen MR) is 120 cm³/mol. The van der Waals surface area contributed by atoms with Gasteiger partial charge in [0.05, 0.1) is 30.7 Å². The lowest BCUT2D eigenvalue weighted by Gasteiger charge is -2.25. The number of oxime groups is 1. The van der Waals surface area contributed by atoms with Crippen molar-refractivity contribution in [2.24, 2.45) is 5.16 Å². The van der Waals surface area contributed by atoms with Gasteiger partial charge in [0.1, 0.15) is 24.0 Å². The maximum atomic E-state index is 13.2. The first-order valence-electron chi connectivity index (χ1n) is 10.0. The van der Waals surface area contributed by atoms with Crippen LogP contribution in [-0.2, 0) is 14.4 Å². The molecular formula is C23H24ClN3O5. The summed E-state index contributed by atoms with van der Waals surface area (Å²) in [4.78, 5) is 31.2. The number of hydrogen-bond acceptors (Lipinski definition) is 7. The first kappa shape index (κ1) is 23.4. The van der Waals surface area contributed by atoms with Gasteiger partial charge in [-0.3, -0.25) is 9.36 Å². The number of pyridine rings is 1. The van der Waals surface area contributed by atoms with E-state index in [-0.39, 0.29) is 6.42 Å². The van der Waals surface area contributed by atoms with Crippen LogP contribution in [0.2, 0.25) is 5.02 Å². The Hall–Kier alpha value is -3.31. The van der Waals surface area contributed by atoms with Crippen molar-refractivity contribution in [2.45, 2.75) is 45.3 Å². The fraction of sp³-hybridized carbons (Fsp3) is 0.391. The van der Waals surface area contributed by atoms with Crippen LogP contribution in [0.5, 0.6) is 5.75 Å². The molecule has 0 fully saturated rings. The number of nitriles is 1. The van der Waals surface area contributed by atoms with Gasteiger partial charge in [0.15, 0.2) is 0 Å². The molecule has 168 valence electrons. The lowest BCUT2D eigenvalue weighted by Crippen LogP contribution is -2.36. The van der Waals surface area contributed by atoms with Gasteiger partial charge in [-0.15, -0.1) is 0 Å². The Labute approximate surface area is 191 Å². The maximum Gasteiger partial charge on any atom is 0.330 e. The molecule has 0 spiro atoms. The molecule has 9 heteroatoms. The van der Waals surface area contributed by atoms with Gasteiger partial charge in [0.25, 0.3) is 5.56 Å². The van der Waals surface area contributed by atoms with E-state index in [4.69, 9.17) is 25.9 Å². The fourth-order valence-electron chi connectivity index (χ4n) is 3.36. The van der Waals surface area contributed by atoms with Gasteiger partial charge in [-0.2, -0.15) is 5.26 Å².